The van der Waals surface area contributed by atoms with Crippen molar-refractivity contribution in [3.8, 4) is 0 Å². The number of aliphatic hydroxyl groups is 1. The summed E-state index contributed by atoms with van der Waals surface area (Å²) in [7, 11) is 0. The van der Waals surface area contributed by atoms with E-state index in [2.05, 4.69) is 4.98 Å². The molecule has 0 aliphatic carbocycles. The maximum absolute atomic E-state index is 11.2. The molecule has 0 unspecified atom stereocenters. The zero-order chi connectivity index (χ0) is 9.84. The Morgan fingerprint density at radius 1 is 1.69 bits per heavy atom. The highest BCUT2D eigenvalue weighted by molar-refractivity contribution is 5.87. The number of nitrogens with one attached hydrogen (secondary N) is 1. The fourth-order valence-corrected chi connectivity index (χ4v) is 1.08. The normalized spacial score (nSPS) is 10.1. The van der Waals surface area contributed by atoms with Gasteiger partial charge in [-0.1, -0.05) is 0 Å². The van der Waals surface area contributed by atoms with E-state index in [1.807, 2.05) is 0 Å². The number of carbonyl (C=O) groups is 1. The first-order valence-electron chi connectivity index (χ1n) is 4.15. The number of hydrogen-bond acceptors (Lipinski definition) is 3. The molecule has 1 rings (SSSR count). The maximum Gasteiger partial charge on any atom is 0.354 e. The smallest absolute Gasteiger partial charge is 0.354 e. The van der Waals surface area contributed by atoms with Crippen LogP contribution >= 0.6 is 0 Å². The van der Waals surface area contributed by atoms with Crippen molar-refractivity contribution in [3.05, 3.63) is 23.0 Å². The Labute approximate surface area is 76.5 Å². The molecule has 4 nitrogen and oxygen atoms in total. The van der Waals surface area contributed by atoms with Gasteiger partial charge in [-0.05, 0) is 25.5 Å². The number of aromatic nitrogens is 1. The van der Waals surface area contributed by atoms with Gasteiger partial charge in [0.2, 0.25) is 0 Å². The lowest BCUT2D eigenvalue weighted by atomic mass is 10.2. The third-order valence-corrected chi connectivity index (χ3v) is 1.79. The second kappa shape index (κ2) is 4.09. The van der Waals surface area contributed by atoms with Crippen molar-refractivity contribution < 1.29 is 14.6 Å². The van der Waals surface area contributed by atoms with Crippen LogP contribution in [0.5, 0.6) is 0 Å². The van der Waals surface area contributed by atoms with E-state index in [0.717, 1.165) is 11.3 Å². The van der Waals surface area contributed by atoms with Gasteiger partial charge in [0.15, 0.2) is 0 Å². The summed E-state index contributed by atoms with van der Waals surface area (Å²) < 4.78 is 4.79. The van der Waals surface area contributed by atoms with Crippen LogP contribution in [0.25, 0.3) is 0 Å². The predicted molar refractivity (Wildman–Crippen MR) is 47.4 cm³/mol. The number of carbonyl (C=O) groups excluding carboxylic acids is 1. The van der Waals surface area contributed by atoms with Crippen LogP contribution in [0.15, 0.2) is 6.07 Å². The molecule has 1 heterocycles. The van der Waals surface area contributed by atoms with E-state index in [4.69, 9.17) is 9.84 Å². The molecule has 0 amide bonds. The van der Waals surface area contributed by atoms with Gasteiger partial charge in [-0.2, -0.15) is 0 Å². The molecule has 1 aromatic rings. The average molecular weight is 183 g/mol. The van der Waals surface area contributed by atoms with Gasteiger partial charge in [0, 0.05) is 5.69 Å². The zero-order valence-corrected chi connectivity index (χ0v) is 7.76. The Morgan fingerprint density at radius 3 is 2.85 bits per heavy atom. The van der Waals surface area contributed by atoms with Crippen molar-refractivity contribution in [2.75, 3.05) is 6.61 Å². The molecule has 0 aliphatic heterocycles. The SMILES string of the molecule is CCOC(=O)c1cc(CO)c(C)[nH]1. The van der Waals surface area contributed by atoms with Crippen LogP contribution in [0, 0.1) is 6.92 Å². The first-order chi connectivity index (χ1) is 6.19. The molecular formula is C9H13NO3. The first kappa shape index (κ1) is 9.80. The van der Waals surface area contributed by atoms with Gasteiger partial charge < -0.3 is 14.8 Å². The van der Waals surface area contributed by atoms with E-state index in [0.29, 0.717) is 12.3 Å². The predicted octanol–water partition coefficient (Wildman–Crippen LogP) is 0.992. The molecule has 1 aromatic heterocycles. The monoisotopic (exact) mass is 183 g/mol. The molecule has 0 radical (unpaired) electrons. The summed E-state index contributed by atoms with van der Waals surface area (Å²) in [5.74, 6) is -0.384. The van der Waals surface area contributed by atoms with E-state index in [1.165, 1.54) is 0 Å². The summed E-state index contributed by atoms with van der Waals surface area (Å²) in [5, 5.41) is 8.87. The molecule has 0 fully saturated rings. The Balaban J connectivity index is 2.84. The Hall–Kier alpha value is -1.29. The molecule has 0 aliphatic rings. The average Bonchev–Trinajstić information content (AvgIpc) is 2.47. The van der Waals surface area contributed by atoms with Gasteiger partial charge in [0.05, 0.1) is 13.2 Å². The molecule has 72 valence electrons. The maximum atomic E-state index is 11.2. The number of ether oxygens (including phenoxy) is 1. The number of aromatic amines is 1. The Kier molecular flexibility index (Phi) is 3.08. The number of aryl methyl sites for hydroxylation is 1. The van der Waals surface area contributed by atoms with Gasteiger partial charge in [-0.25, -0.2) is 4.79 Å². The minimum Gasteiger partial charge on any atom is -0.461 e. The van der Waals surface area contributed by atoms with E-state index in [9.17, 15) is 4.79 Å². The molecule has 4 heteroatoms. The second-order valence-corrected chi connectivity index (χ2v) is 2.71. The summed E-state index contributed by atoms with van der Waals surface area (Å²) in [5.41, 5.74) is 1.91. The van der Waals surface area contributed by atoms with Crippen LogP contribution in [0.1, 0.15) is 28.7 Å². The molecule has 0 atom stereocenters. The number of hydrogen-bond donors (Lipinski definition) is 2. The van der Waals surface area contributed by atoms with Crippen LogP contribution in [0.2, 0.25) is 0 Å². The van der Waals surface area contributed by atoms with Gasteiger partial charge in [-0.15, -0.1) is 0 Å². The van der Waals surface area contributed by atoms with E-state index >= 15 is 0 Å². The van der Waals surface area contributed by atoms with Crippen LogP contribution in [-0.4, -0.2) is 22.7 Å². The fourth-order valence-electron chi connectivity index (χ4n) is 1.08. The molecule has 0 spiro atoms. The Bertz CT molecular complexity index is 304. The van der Waals surface area contributed by atoms with Crippen LogP contribution in [-0.2, 0) is 11.3 Å². The topological polar surface area (TPSA) is 62.3 Å². The summed E-state index contributed by atoms with van der Waals surface area (Å²) in [6.07, 6.45) is 0. The molecule has 0 bridgehead atoms. The standard InChI is InChI=1S/C9H13NO3/c1-3-13-9(12)8-4-7(5-11)6(2)10-8/h4,10-11H,3,5H2,1-2H3. The number of esters is 1. The largest absolute Gasteiger partial charge is 0.461 e. The van der Waals surface area contributed by atoms with Crippen molar-refractivity contribution in [1.29, 1.82) is 0 Å². The quantitative estimate of drug-likeness (QED) is 0.687. The molecule has 2 N–H and O–H groups in total. The summed E-state index contributed by atoms with van der Waals surface area (Å²) in [6.45, 7) is 3.84. The van der Waals surface area contributed by atoms with Crippen molar-refractivity contribution in [1.82, 2.24) is 4.98 Å². The van der Waals surface area contributed by atoms with Crippen LogP contribution < -0.4 is 0 Å². The highest BCUT2D eigenvalue weighted by atomic mass is 16.5. The van der Waals surface area contributed by atoms with E-state index < -0.39 is 0 Å². The molecular weight excluding hydrogens is 170 g/mol. The molecule has 0 saturated carbocycles. The number of aliphatic hydroxyl groups excluding tert-OH is 1. The second-order valence-electron chi connectivity index (χ2n) is 2.71. The molecule has 13 heavy (non-hydrogen) atoms. The third-order valence-electron chi connectivity index (χ3n) is 1.79. The van der Waals surface area contributed by atoms with Crippen molar-refractivity contribution in [2.24, 2.45) is 0 Å². The summed E-state index contributed by atoms with van der Waals surface area (Å²) in [6, 6.07) is 1.60. The van der Waals surface area contributed by atoms with E-state index in [-0.39, 0.29) is 12.6 Å². The lowest BCUT2D eigenvalue weighted by molar-refractivity contribution is 0.0520. The highest BCUT2D eigenvalue weighted by Crippen LogP contribution is 2.10. The third kappa shape index (κ3) is 2.09. The molecule has 0 aromatic carbocycles. The Morgan fingerprint density at radius 2 is 2.38 bits per heavy atom. The van der Waals surface area contributed by atoms with Crippen molar-refractivity contribution in [3.63, 3.8) is 0 Å². The van der Waals surface area contributed by atoms with Crippen LogP contribution in [0.3, 0.4) is 0 Å². The first-order valence-corrected chi connectivity index (χ1v) is 4.15. The van der Waals surface area contributed by atoms with E-state index in [1.54, 1.807) is 19.9 Å². The number of H-pyrrole nitrogens is 1. The molecule has 0 saturated heterocycles. The van der Waals surface area contributed by atoms with Crippen molar-refractivity contribution in [2.45, 2.75) is 20.5 Å². The van der Waals surface area contributed by atoms with Gasteiger partial charge >= 0.3 is 5.97 Å². The minimum atomic E-state index is -0.384. The fraction of sp³-hybridized carbons (Fsp3) is 0.444. The van der Waals surface area contributed by atoms with Gasteiger partial charge in [0.1, 0.15) is 5.69 Å². The summed E-state index contributed by atoms with van der Waals surface area (Å²) in [4.78, 5) is 14.0. The summed E-state index contributed by atoms with van der Waals surface area (Å²) >= 11 is 0. The zero-order valence-electron chi connectivity index (χ0n) is 7.76. The number of rotatable bonds is 3. The van der Waals surface area contributed by atoms with Gasteiger partial charge in [0.25, 0.3) is 0 Å². The highest BCUT2D eigenvalue weighted by Gasteiger charge is 2.11. The lowest BCUT2D eigenvalue weighted by Gasteiger charge is -1.96. The van der Waals surface area contributed by atoms with Crippen molar-refractivity contribution >= 4 is 5.97 Å². The van der Waals surface area contributed by atoms with Gasteiger partial charge in [-0.3, -0.25) is 0 Å². The van der Waals surface area contributed by atoms with Crippen LogP contribution in [0.4, 0.5) is 0 Å². The lowest BCUT2D eigenvalue weighted by Crippen LogP contribution is -2.04. The minimum absolute atomic E-state index is 0.0677.